The van der Waals surface area contributed by atoms with E-state index in [1.165, 1.54) is 6.08 Å². The van der Waals surface area contributed by atoms with Gasteiger partial charge in [0.15, 0.2) is 0 Å². The van der Waals surface area contributed by atoms with Crippen LogP contribution >= 0.6 is 50.7 Å². The van der Waals surface area contributed by atoms with Crippen molar-refractivity contribution in [2.24, 2.45) is 5.10 Å². The van der Waals surface area contributed by atoms with Crippen molar-refractivity contribution in [2.45, 2.75) is 12.5 Å². The number of hydrazone groups is 1. The Morgan fingerprint density at radius 2 is 1.82 bits per heavy atom. The zero-order valence-electron chi connectivity index (χ0n) is 17.3. The number of benzene rings is 3. The Kier molecular flexibility index (Phi) is 7.76. The number of amides is 1. The summed E-state index contributed by atoms with van der Waals surface area (Å²) in [6, 6.07) is 20.7. The van der Waals surface area contributed by atoms with E-state index in [9.17, 15) is 4.79 Å². The molecule has 1 aliphatic heterocycles. The van der Waals surface area contributed by atoms with Crippen LogP contribution in [-0.4, -0.2) is 18.2 Å². The number of carbonyl (C=O) groups excluding carboxylic acids is 1. The fourth-order valence-electron chi connectivity index (χ4n) is 3.54. The summed E-state index contributed by atoms with van der Waals surface area (Å²) < 4.78 is 1.00. The minimum absolute atomic E-state index is 0.0503. The van der Waals surface area contributed by atoms with Crippen LogP contribution in [0.25, 0.3) is 6.08 Å². The first-order valence-electron chi connectivity index (χ1n) is 10.2. The van der Waals surface area contributed by atoms with Crippen molar-refractivity contribution in [3.8, 4) is 0 Å². The summed E-state index contributed by atoms with van der Waals surface area (Å²) in [5, 5.41) is 11.3. The van der Waals surface area contributed by atoms with Crippen LogP contribution < -0.4 is 10.3 Å². The van der Waals surface area contributed by atoms with Crippen molar-refractivity contribution >= 4 is 74.1 Å². The molecule has 0 bridgehead atoms. The van der Waals surface area contributed by atoms with Gasteiger partial charge in [-0.15, -0.1) is 0 Å². The van der Waals surface area contributed by atoms with E-state index < -0.39 is 0 Å². The van der Waals surface area contributed by atoms with Gasteiger partial charge in [0.05, 0.1) is 29.0 Å². The van der Waals surface area contributed by atoms with Crippen molar-refractivity contribution in [3.63, 3.8) is 0 Å². The number of hydrogen-bond donors (Lipinski definition) is 1. The molecule has 1 atom stereocenters. The maximum Gasteiger partial charge on any atom is 0.244 e. The molecule has 0 aromatic heterocycles. The minimum Gasteiger partial charge on any atom is -0.347 e. The molecule has 1 unspecified atom stereocenters. The number of rotatable bonds is 6. The molecule has 1 N–H and O–H groups in total. The van der Waals surface area contributed by atoms with Crippen molar-refractivity contribution in [2.75, 3.05) is 11.6 Å². The second kappa shape index (κ2) is 10.7. The summed E-state index contributed by atoms with van der Waals surface area (Å²) in [7, 11) is 0. The van der Waals surface area contributed by atoms with E-state index in [-0.39, 0.29) is 11.9 Å². The molecular weight excluding hydrogens is 545 g/mol. The molecule has 4 nitrogen and oxygen atoms in total. The highest BCUT2D eigenvalue weighted by molar-refractivity contribution is 9.10. The van der Waals surface area contributed by atoms with E-state index in [2.05, 4.69) is 33.4 Å². The zero-order valence-corrected chi connectivity index (χ0v) is 21.2. The van der Waals surface area contributed by atoms with Crippen LogP contribution in [0.3, 0.4) is 0 Å². The van der Waals surface area contributed by atoms with Gasteiger partial charge >= 0.3 is 0 Å². The van der Waals surface area contributed by atoms with Gasteiger partial charge in [-0.2, -0.15) is 5.10 Å². The third-order valence-corrected chi connectivity index (χ3v) is 6.43. The molecule has 0 saturated heterocycles. The smallest absolute Gasteiger partial charge is 0.244 e. The largest absolute Gasteiger partial charge is 0.347 e. The first-order chi connectivity index (χ1) is 15.9. The summed E-state index contributed by atoms with van der Waals surface area (Å²) in [6.45, 7) is 0.327. The Hall–Kier alpha value is -2.31. The number of nitrogens with one attached hydrogen (secondary N) is 1. The molecule has 8 heteroatoms. The lowest BCUT2D eigenvalue weighted by Gasteiger charge is -2.25. The molecule has 3 aromatic rings. The molecular formula is C25H19BrCl3N3O. The highest BCUT2D eigenvalue weighted by Gasteiger charge is 2.30. The zero-order chi connectivity index (χ0) is 23.4. The highest BCUT2D eigenvalue weighted by Crippen LogP contribution is 2.39. The summed E-state index contributed by atoms with van der Waals surface area (Å²) in [6.07, 6.45) is 3.86. The van der Waals surface area contributed by atoms with Gasteiger partial charge in [-0.3, -0.25) is 9.80 Å². The van der Waals surface area contributed by atoms with E-state index in [4.69, 9.17) is 39.9 Å². The molecule has 0 radical (unpaired) electrons. The standard InChI is InChI=1S/C25H19BrCl3N3O/c26-18-7-5-17(6-8-18)24-14-21(31-32(24)23-10-9-20(28)13-22(23)29)15-30-25(33)11-4-16-2-1-3-19(27)12-16/h1-13,24H,14-15H2,(H,30,33). The second-order valence-electron chi connectivity index (χ2n) is 7.48. The van der Waals surface area contributed by atoms with E-state index in [1.807, 2.05) is 35.3 Å². The van der Waals surface area contributed by atoms with E-state index in [0.29, 0.717) is 28.0 Å². The third kappa shape index (κ3) is 6.18. The van der Waals surface area contributed by atoms with E-state index >= 15 is 0 Å². The van der Waals surface area contributed by atoms with E-state index in [0.717, 1.165) is 27.0 Å². The van der Waals surface area contributed by atoms with Crippen molar-refractivity contribution in [3.05, 3.63) is 103 Å². The van der Waals surface area contributed by atoms with Crippen molar-refractivity contribution in [1.29, 1.82) is 0 Å². The molecule has 1 amide bonds. The molecule has 0 saturated carbocycles. The minimum atomic E-state index is -0.208. The molecule has 1 heterocycles. The fraction of sp³-hybridized carbons (Fsp3) is 0.120. The van der Waals surface area contributed by atoms with Gasteiger partial charge in [-0.25, -0.2) is 0 Å². The van der Waals surface area contributed by atoms with Crippen molar-refractivity contribution in [1.82, 2.24) is 5.32 Å². The Morgan fingerprint density at radius 1 is 1.06 bits per heavy atom. The second-order valence-corrected chi connectivity index (χ2v) is 9.68. The Balaban J connectivity index is 1.50. The predicted octanol–water partition coefficient (Wildman–Crippen LogP) is 7.55. The summed E-state index contributed by atoms with van der Waals surface area (Å²) in [5.41, 5.74) is 3.56. The summed E-state index contributed by atoms with van der Waals surface area (Å²) >= 11 is 22.0. The lowest BCUT2D eigenvalue weighted by molar-refractivity contribution is -0.116. The van der Waals surface area contributed by atoms with Gasteiger partial charge in [0.1, 0.15) is 0 Å². The molecule has 168 valence electrons. The normalized spacial score (nSPS) is 15.7. The fourth-order valence-corrected chi connectivity index (χ4v) is 4.50. The number of halogens is 4. The molecule has 0 spiro atoms. The number of hydrogen-bond acceptors (Lipinski definition) is 3. The lowest BCUT2D eigenvalue weighted by Crippen LogP contribution is -2.27. The maximum absolute atomic E-state index is 12.3. The highest BCUT2D eigenvalue weighted by atomic mass is 79.9. The van der Waals surface area contributed by atoms with Gasteiger partial charge in [0.25, 0.3) is 0 Å². The Morgan fingerprint density at radius 3 is 2.55 bits per heavy atom. The van der Waals surface area contributed by atoms with Crippen LogP contribution in [0.4, 0.5) is 5.69 Å². The quantitative estimate of drug-likeness (QED) is 0.315. The Labute approximate surface area is 216 Å². The van der Waals surface area contributed by atoms with Gasteiger partial charge in [-0.05, 0) is 59.7 Å². The first-order valence-corrected chi connectivity index (χ1v) is 12.1. The topological polar surface area (TPSA) is 44.7 Å². The van der Waals surface area contributed by atoms with Gasteiger partial charge in [-0.1, -0.05) is 75.0 Å². The van der Waals surface area contributed by atoms with Gasteiger partial charge < -0.3 is 5.32 Å². The average Bonchev–Trinajstić information content (AvgIpc) is 3.21. The Bertz CT molecular complexity index is 1230. The van der Waals surface area contributed by atoms with Gasteiger partial charge in [0, 0.05) is 27.0 Å². The molecule has 0 aliphatic carbocycles. The number of nitrogens with zero attached hydrogens (tertiary/aromatic N) is 2. The van der Waals surface area contributed by atoms with Gasteiger partial charge in [0.2, 0.25) is 5.91 Å². The summed E-state index contributed by atoms with van der Waals surface area (Å²) in [4.78, 5) is 12.3. The molecule has 33 heavy (non-hydrogen) atoms. The molecule has 0 fully saturated rings. The monoisotopic (exact) mass is 561 g/mol. The maximum atomic E-state index is 12.3. The molecule has 4 rings (SSSR count). The van der Waals surface area contributed by atoms with E-state index in [1.54, 1.807) is 30.3 Å². The average molecular weight is 564 g/mol. The lowest BCUT2D eigenvalue weighted by atomic mass is 10.0. The van der Waals surface area contributed by atoms with Crippen LogP contribution in [0.5, 0.6) is 0 Å². The molecule has 1 aliphatic rings. The first kappa shape index (κ1) is 23.8. The van der Waals surface area contributed by atoms with Crippen LogP contribution in [0, 0.1) is 0 Å². The third-order valence-electron chi connectivity index (χ3n) is 5.13. The van der Waals surface area contributed by atoms with Crippen molar-refractivity contribution < 1.29 is 4.79 Å². The SMILES string of the molecule is O=C(C=Cc1cccc(Cl)c1)NCC1=NN(c2ccc(Cl)cc2Cl)C(c2ccc(Br)cc2)C1. The predicted molar refractivity (Wildman–Crippen MR) is 141 cm³/mol. The van der Waals surface area contributed by atoms with Crippen LogP contribution in [-0.2, 0) is 4.79 Å². The number of carbonyl (C=O) groups is 1. The van der Waals surface area contributed by atoms with Crippen LogP contribution in [0.2, 0.25) is 15.1 Å². The van der Waals surface area contributed by atoms with Crippen LogP contribution in [0.1, 0.15) is 23.6 Å². The summed E-state index contributed by atoms with van der Waals surface area (Å²) in [5.74, 6) is -0.208. The number of anilines is 1. The molecule has 3 aromatic carbocycles. The van der Waals surface area contributed by atoms with Crippen LogP contribution in [0.15, 0.2) is 82.4 Å².